The molecule has 142 valence electrons. The highest BCUT2D eigenvalue weighted by Gasteiger charge is 2.27. The number of likely N-dealkylation sites (tertiary alicyclic amines) is 1. The lowest BCUT2D eigenvalue weighted by Gasteiger charge is -2.31. The predicted molar refractivity (Wildman–Crippen MR) is 107 cm³/mol. The summed E-state index contributed by atoms with van der Waals surface area (Å²) >= 11 is 0. The molecule has 0 spiro atoms. The molecular formula is C22H21N3O3. The number of benzene rings is 2. The van der Waals surface area contributed by atoms with E-state index in [1.165, 1.54) is 6.08 Å². The van der Waals surface area contributed by atoms with Gasteiger partial charge in [-0.2, -0.15) is 0 Å². The van der Waals surface area contributed by atoms with Gasteiger partial charge in [0.25, 0.3) is 0 Å². The van der Waals surface area contributed by atoms with E-state index in [4.69, 9.17) is 4.42 Å². The predicted octanol–water partition coefficient (Wildman–Crippen LogP) is 3.72. The monoisotopic (exact) mass is 375 g/mol. The van der Waals surface area contributed by atoms with Gasteiger partial charge >= 0.3 is 0 Å². The fourth-order valence-electron chi connectivity index (χ4n) is 3.37. The molecule has 1 aliphatic rings. The summed E-state index contributed by atoms with van der Waals surface area (Å²) in [5.74, 6) is -0.00772. The molecule has 2 aromatic carbocycles. The summed E-state index contributed by atoms with van der Waals surface area (Å²) < 4.78 is 5.60. The molecule has 28 heavy (non-hydrogen) atoms. The Labute approximate surface area is 162 Å². The number of amides is 2. The number of para-hydroxylation sites is 3. The number of anilines is 1. The van der Waals surface area contributed by atoms with Gasteiger partial charge in [-0.15, -0.1) is 0 Å². The molecule has 6 heteroatoms. The van der Waals surface area contributed by atoms with Crippen molar-refractivity contribution in [2.45, 2.75) is 12.8 Å². The maximum atomic E-state index is 12.6. The Bertz CT molecular complexity index is 977. The van der Waals surface area contributed by atoms with Gasteiger partial charge < -0.3 is 14.6 Å². The largest absolute Gasteiger partial charge is 0.437 e. The summed E-state index contributed by atoms with van der Waals surface area (Å²) in [5, 5.41) is 2.92. The maximum absolute atomic E-state index is 12.6. The lowest BCUT2D eigenvalue weighted by molar-refractivity contribution is -0.130. The molecule has 3 aromatic rings. The first-order valence-electron chi connectivity index (χ1n) is 9.37. The third-order valence-electron chi connectivity index (χ3n) is 4.82. The molecule has 1 N–H and O–H groups in total. The zero-order valence-electron chi connectivity index (χ0n) is 15.4. The molecule has 1 fully saturated rings. The molecule has 2 heterocycles. The van der Waals surface area contributed by atoms with E-state index in [0.717, 1.165) is 24.0 Å². The molecule has 0 bridgehead atoms. The van der Waals surface area contributed by atoms with E-state index in [1.807, 2.05) is 54.6 Å². The summed E-state index contributed by atoms with van der Waals surface area (Å²) in [6, 6.07) is 16.8. The van der Waals surface area contributed by atoms with Crippen molar-refractivity contribution in [1.82, 2.24) is 9.88 Å². The summed E-state index contributed by atoms with van der Waals surface area (Å²) in [4.78, 5) is 31.1. The molecule has 2 amide bonds. The molecule has 0 aliphatic carbocycles. The van der Waals surface area contributed by atoms with Gasteiger partial charge in [-0.3, -0.25) is 9.59 Å². The highest BCUT2D eigenvalue weighted by molar-refractivity contribution is 5.95. The number of aromatic nitrogens is 1. The van der Waals surface area contributed by atoms with Crippen LogP contribution in [0, 0.1) is 5.92 Å². The summed E-state index contributed by atoms with van der Waals surface area (Å²) in [7, 11) is 0. The van der Waals surface area contributed by atoms with Crippen molar-refractivity contribution in [1.29, 1.82) is 0 Å². The van der Waals surface area contributed by atoms with Gasteiger partial charge in [-0.05, 0) is 37.1 Å². The van der Waals surface area contributed by atoms with Gasteiger partial charge in [-0.1, -0.05) is 30.3 Å². The van der Waals surface area contributed by atoms with Crippen molar-refractivity contribution in [3.63, 3.8) is 0 Å². The molecule has 0 saturated carbocycles. The van der Waals surface area contributed by atoms with Crippen LogP contribution in [0.2, 0.25) is 0 Å². The molecule has 1 saturated heterocycles. The minimum Gasteiger partial charge on any atom is -0.437 e. The molecule has 0 radical (unpaired) electrons. The van der Waals surface area contributed by atoms with Crippen LogP contribution in [-0.2, 0) is 9.59 Å². The molecule has 6 nitrogen and oxygen atoms in total. The van der Waals surface area contributed by atoms with Gasteiger partial charge in [0.05, 0.1) is 5.92 Å². The van der Waals surface area contributed by atoms with Crippen LogP contribution >= 0.6 is 0 Å². The zero-order valence-corrected chi connectivity index (χ0v) is 15.4. The first-order chi connectivity index (χ1) is 13.7. The van der Waals surface area contributed by atoms with Crippen LogP contribution in [0.5, 0.6) is 0 Å². The Morgan fingerprint density at radius 1 is 1.11 bits per heavy atom. The fraction of sp³-hybridized carbons (Fsp3) is 0.227. The maximum Gasteiger partial charge on any atom is 0.246 e. The number of nitrogens with zero attached hydrogens (tertiary/aromatic N) is 2. The number of oxazole rings is 1. The Kier molecular flexibility index (Phi) is 5.19. The first kappa shape index (κ1) is 18.0. The van der Waals surface area contributed by atoms with Crippen LogP contribution in [-0.4, -0.2) is 34.8 Å². The molecule has 1 atom stereocenters. The summed E-state index contributed by atoms with van der Waals surface area (Å²) in [6.45, 7) is 1.06. The van der Waals surface area contributed by atoms with E-state index in [-0.39, 0.29) is 17.7 Å². The number of hydrogen-bond donors (Lipinski definition) is 1. The topological polar surface area (TPSA) is 75.4 Å². The van der Waals surface area contributed by atoms with E-state index >= 15 is 0 Å². The van der Waals surface area contributed by atoms with Gasteiger partial charge in [0.15, 0.2) is 5.58 Å². The standard InChI is InChI=1S/C22H21N3O3/c26-21(13-12-20-24-18-10-4-5-11-19(18)28-20)25-14-6-7-16(15-25)22(27)23-17-8-2-1-3-9-17/h1-5,8-13,16H,6-7,14-15H2,(H,23,27)/b13-12+. The second-order valence-electron chi connectivity index (χ2n) is 6.83. The lowest BCUT2D eigenvalue weighted by Crippen LogP contribution is -2.43. The average Bonchev–Trinajstić information content (AvgIpc) is 3.16. The molecule has 1 unspecified atom stereocenters. The van der Waals surface area contributed by atoms with E-state index in [2.05, 4.69) is 10.3 Å². The van der Waals surface area contributed by atoms with Crippen molar-refractivity contribution >= 4 is 34.7 Å². The van der Waals surface area contributed by atoms with Crippen molar-refractivity contribution < 1.29 is 14.0 Å². The van der Waals surface area contributed by atoms with Crippen molar-refractivity contribution in [3.8, 4) is 0 Å². The van der Waals surface area contributed by atoms with E-state index in [1.54, 1.807) is 11.0 Å². The Hall–Kier alpha value is -3.41. The SMILES string of the molecule is O=C(Nc1ccccc1)C1CCCN(C(=O)/C=C/c2nc3ccccc3o2)C1. The van der Waals surface area contributed by atoms with E-state index in [0.29, 0.717) is 24.6 Å². The number of carbonyl (C=O) groups excluding carboxylic acids is 2. The van der Waals surface area contributed by atoms with Gasteiger partial charge in [0, 0.05) is 30.9 Å². The average molecular weight is 375 g/mol. The van der Waals surface area contributed by atoms with Crippen LogP contribution < -0.4 is 5.32 Å². The molecule has 4 rings (SSSR count). The Morgan fingerprint density at radius 3 is 2.71 bits per heavy atom. The third kappa shape index (κ3) is 4.11. The number of carbonyl (C=O) groups is 2. The highest BCUT2D eigenvalue weighted by atomic mass is 16.3. The molecule has 1 aromatic heterocycles. The zero-order chi connectivity index (χ0) is 19.3. The second-order valence-corrected chi connectivity index (χ2v) is 6.83. The number of fused-ring (bicyclic) bond motifs is 1. The second kappa shape index (κ2) is 8.08. The molecule has 1 aliphatic heterocycles. The van der Waals surface area contributed by atoms with Crippen molar-refractivity contribution in [2.75, 3.05) is 18.4 Å². The van der Waals surface area contributed by atoms with Crippen LogP contribution in [0.15, 0.2) is 65.1 Å². The number of rotatable bonds is 4. The van der Waals surface area contributed by atoms with Gasteiger partial charge in [0.1, 0.15) is 5.52 Å². The van der Waals surface area contributed by atoms with Gasteiger partial charge in [-0.25, -0.2) is 4.98 Å². The number of piperidine rings is 1. The Balaban J connectivity index is 1.38. The van der Waals surface area contributed by atoms with E-state index in [9.17, 15) is 9.59 Å². The van der Waals surface area contributed by atoms with Crippen LogP contribution in [0.3, 0.4) is 0 Å². The Morgan fingerprint density at radius 2 is 1.89 bits per heavy atom. The molecular weight excluding hydrogens is 354 g/mol. The smallest absolute Gasteiger partial charge is 0.246 e. The lowest BCUT2D eigenvalue weighted by atomic mass is 9.97. The van der Waals surface area contributed by atoms with Gasteiger partial charge in [0.2, 0.25) is 17.7 Å². The third-order valence-corrected chi connectivity index (χ3v) is 4.82. The van der Waals surface area contributed by atoms with Crippen molar-refractivity contribution in [3.05, 3.63) is 66.6 Å². The normalized spacial score (nSPS) is 17.1. The van der Waals surface area contributed by atoms with Crippen LogP contribution in [0.4, 0.5) is 5.69 Å². The minimum absolute atomic E-state index is 0.0494. The first-order valence-corrected chi connectivity index (χ1v) is 9.37. The van der Waals surface area contributed by atoms with E-state index < -0.39 is 0 Å². The van der Waals surface area contributed by atoms with Crippen molar-refractivity contribution in [2.24, 2.45) is 5.92 Å². The highest BCUT2D eigenvalue weighted by Crippen LogP contribution is 2.20. The fourth-order valence-corrected chi connectivity index (χ4v) is 3.37. The van der Waals surface area contributed by atoms with Crippen LogP contribution in [0.1, 0.15) is 18.7 Å². The number of hydrogen-bond acceptors (Lipinski definition) is 4. The number of nitrogens with one attached hydrogen (secondary N) is 1. The summed E-state index contributed by atoms with van der Waals surface area (Å²) in [5.41, 5.74) is 2.21. The minimum atomic E-state index is -0.212. The quantitative estimate of drug-likeness (QED) is 0.705. The summed E-state index contributed by atoms with van der Waals surface area (Å²) in [6.07, 6.45) is 4.62. The van der Waals surface area contributed by atoms with Crippen LogP contribution in [0.25, 0.3) is 17.2 Å².